The Hall–Kier alpha value is -1.38. The van der Waals surface area contributed by atoms with Crippen molar-refractivity contribution in [3.63, 3.8) is 0 Å². The highest BCUT2D eigenvalue weighted by Crippen LogP contribution is 2.36. The third kappa shape index (κ3) is 2.97. The van der Waals surface area contributed by atoms with Gasteiger partial charge in [0.15, 0.2) is 0 Å². The third-order valence-electron chi connectivity index (χ3n) is 4.45. The second-order valence-electron chi connectivity index (χ2n) is 5.70. The molecule has 2 atom stereocenters. The standard InChI is InChI=1S/C18H19ClFN/c1-21-18-13(7-6-12-4-2-3-5-16(12)18)10-14-11-15(19)8-9-17(14)20/h2-5,8-9,11,13,18,21H,6-7,10H2,1H3. The largest absolute Gasteiger partial charge is 0.313 e. The van der Waals surface area contributed by atoms with E-state index < -0.39 is 0 Å². The molecule has 0 radical (unpaired) electrons. The summed E-state index contributed by atoms with van der Waals surface area (Å²) in [6, 6.07) is 13.6. The first-order valence-electron chi connectivity index (χ1n) is 7.38. The molecule has 0 aliphatic heterocycles. The number of rotatable bonds is 3. The van der Waals surface area contributed by atoms with Crippen LogP contribution in [0.15, 0.2) is 42.5 Å². The van der Waals surface area contributed by atoms with Gasteiger partial charge in [-0.3, -0.25) is 0 Å². The van der Waals surface area contributed by atoms with Crippen molar-refractivity contribution in [1.29, 1.82) is 0 Å². The normalized spacial score (nSPS) is 21.1. The number of benzene rings is 2. The highest BCUT2D eigenvalue weighted by atomic mass is 35.5. The number of fused-ring (bicyclic) bond motifs is 1. The van der Waals surface area contributed by atoms with E-state index in [1.807, 2.05) is 7.05 Å². The molecule has 2 unspecified atom stereocenters. The molecule has 110 valence electrons. The van der Waals surface area contributed by atoms with Gasteiger partial charge in [-0.25, -0.2) is 4.39 Å². The Morgan fingerprint density at radius 3 is 2.86 bits per heavy atom. The van der Waals surface area contributed by atoms with Crippen molar-refractivity contribution in [1.82, 2.24) is 5.32 Å². The fourth-order valence-corrected chi connectivity index (χ4v) is 3.61. The van der Waals surface area contributed by atoms with Gasteiger partial charge in [-0.05, 0) is 67.1 Å². The van der Waals surface area contributed by atoms with E-state index in [4.69, 9.17) is 11.6 Å². The molecule has 0 spiro atoms. The highest BCUT2D eigenvalue weighted by molar-refractivity contribution is 6.30. The molecule has 1 nitrogen and oxygen atoms in total. The van der Waals surface area contributed by atoms with E-state index in [1.165, 1.54) is 17.2 Å². The van der Waals surface area contributed by atoms with Gasteiger partial charge in [0, 0.05) is 11.1 Å². The zero-order valence-corrected chi connectivity index (χ0v) is 12.8. The average Bonchev–Trinajstić information content (AvgIpc) is 2.50. The molecule has 0 fully saturated rings. The van der Waals surface area contributed by atoms with E-state index in [0.29, 0.717) is 22.9 Å². The van der Waals surface area contributed by atoms with Crippen LogP contribution in [0.1, 0.15) is 29.2 Å². The minimum absolute atomic E-state index is 0.159. The Morgan fingerprint density at radius 2 is 2.05 bits per heavy atom. The van der Waals surface area contributed by atoms with Gasteiger partial charge < -0.3 is 5.32 Å². The lowest BCUT2D eigenvalue weighted by Gasteiger charge is -2.33. The lowest BCUT2D eigenvalue weighted by atomic mass is 9.77. The van der Waals surface area contributed by atoms with Gasteiger partial charge in [0.05, 0.1) is 0 Å². The first kappa shape index (κ1) is 14.6. The molecular weight excluding hydrogens is 285 g/mol. The molecule has 2 aromatic carbocycles. The molecule has 0 aromatic heterocycles. The first-order chi connectivity index (χ1) is 10.2. The fraction of sp³-hybridized carbons (Fsp3) is 0.333. The summed E-state index contributed by atoms with van der Waals surface area (Å²) in [6.45, 7) is 0. The molecule has 21 heavy (non-hydrogen) atoms. The molecule has 3 rings (SSSR count). The van der Waals surface area contributed by atoms with Crippen LogP contribution in [0.4, 0.5) is 4.39 Å². The molecule has 0 amide bonds. The van der Waals surface area contributed by atoms with Gasteiger partial charge >= 0.3 is 0 Å². The number of halogens is 2. The summed E-state index contributed by atoms with van der Waals surface area (Å²) in [7, 11) is 1.98. The smallest absolute Gasteiger partial charge is 0.126 e. The lowest BCUT2D eigenvalue weighted by Crippen LogP contribution is -2.31. The Balaban J connectivity index is 1.88. The van der Waals surface area contributed by atoms with E-state index >= 15 is 0 Å². The zero-order valence-electron chi connectivity index (χ0n) is 12.1. The van der Waals surface area contributed by atoms with Gasteiger partial charge in [-0.2, -0.15) is 0 Å². The average molecular weight is 304 g/mol. The second kappa shape index (κ2) is 6.17. The number of hydrogen-bond donors (Lipinski definition) is 1. The molecule has 0 heterocycles. The topological polar surface area (TPSA) is 12.0 Å². The summed E-state index contributed by atoms with van der Waals surface area (Å²) in [5.41, 5.74) is 3.46. The molecule has 0 saturated heterocycles. The molecule has 3 heteroatoms. The van der Waals surface area contributed by atoms with Crippen molar-refractivity contribution < 1.29 is 4.39 Å². The SMILES string of the molecule is CNC1c2ccccc2CCC1Cc1cc(Cl)ccc1F. The maximum absolute atomic E-state index is 14.0. The quantitative estimate of drug-likeness (QED) is 0.877. The van der Waals surface area contributed by atoms with Crippen LogP contribution in [0.5, 0.6) is 0 Å². The Bertz CT molecular complexity index is 641. The van der Waals surface area contributed by atoms with Crippen molar-refractivity contribution in [3.05, 3.63) is 70.0 Å². The number of aryl methyl sites for hydroxylation is 1. The van der Waals surface area contributed by atoms with Crippen LogP contribution in [0.2, 0.25) is 5.02 Å². The van der Waals surface area contributed by atoms with Gasteiger partial charge in [0.1, 0.15) is 5.82 Å². The molecule has 0 bridgehead atoms. The van der Waals surface area contributed by atoms with Crippen molar-refractivity contribution in [2.75, 3.05) is 7.05 Å². The van der Waals surface area contributed by atoms with E-state index in [-0.39, 0.29) is 11.9 Å². The maximum atomic E-state index is 14.0. The van der Waals surface area contributed by atoms with Gasteiger partial charge in [0.25, 0.3) is 0 Å². The molecule has 1 aliphatic rings. The summed E-state index contributed by atoms with van der Waals surface area (Å²) in [5.74, 6) is 0.228. The predicted molar refractivity (Wildman–Crippen MR) is 85.2 cm³/mol. The minimum Gasteiger partial charge on any atom is -0.313 e. The summed E-state index contributed by atoms with van der Waals surface area (Å²) in [5, 5.41) is 4.01. The number of nitrogens with one attached hydrogen (secondary N) is 1. The summed E-state index contributed by atoms with van der Waals surface area (Å²) in [6.07, 6.45) is 2.84. The highest BCUT2D eigenvalue weighted by Gasteiger charge is 2.28. The van der Waals surface area contributed by atoms with Crippen LogP contribution < -0.4 is 5.32 Å². The van der Waals surface area contributed by atoms with Crippen molar-refractivity contribution in [2.45, 2.75) is 25.3 Å². The summed E-state index contributed by atoms with van der Waals surface area (Å²) >= 11 is 6.00. The monoisotopic (exact) mass is 303 g/mol. The molecule has 1 N–H and O–H groups in total. The Kier molecular flexibility index (Phi) is 4.27. The van der Waals surface area contributed by atoms with Crippen LogP contribution in [-0.4, -0.2) is 7.05 Å². The predicted octanol–water partition coefficient (Wildman–Crippen LogP) is 4.54. The summed E-state index contributed by atoms with van der Waals surface area (Å²) < 4.78 is 14.0. The van der Waals surface area contributed by atoms with Crippen molar-refractivity contribution >= 4 is 11.6 Å². The van der Waals surface area contributed by atoms with Crippen molar-refractivity contribution in [2.24, 2.45) is 5.92 Å². The molecule has 0 saturated carbocycles. The van der Waals surface area contributed by atoms with Crippen LogP contribution in [0, 0.1) is 11.7 Å². The minimum atomic E-state index is -0.159. The Labute approximate surface area is 130 Å². The van der Waals surface area contributed by atoms with Crippen LogP contribution in [0.25, 0.3) is 0 Å². The Morgan fingerprint density at radius 1 is 1.24 bits per heavy atom. The van der Waals surface area contributed by atoms with E-state index in [1.54, 1.807) is 12.1 Å². The van der Waals surface area contributed by atoms with Gasteiger partial charge in [-0.15, -0.1) is 0 Å². The van der Waals surface area contributed by atoms with Crippen LogP contribution in [0.3, 0.4) is 0 Å². The summed E-state index contributed by atoms with van der Waals surface area (Å²) in [4.78, 5) is 0. The fourth-order valence-electron chi connectivity index (χ4n) is 3.42. The first-order valence-corrected chi connectivity index (χ1v) is 7.76. The van der Waals surface area contributed by atoms with Crippen molar-refractivity contribution in [3.8, 4) is 0 Å². The second-order valence-corrected chi connectivity index (χ2v) is 6.14. The van der Waals surface area contributed by atoms with E-state index in [0.717, 1.165) is 12.8 Å². The maximum Gasteiger partial charge on any atom is 0.126 e. The third-order valence-corrected chi connectivity index (χ3v) is 4.68. The van der Waals surface area contributed by atoms with Gasteiger partial charge in [-0.1, -0.05) is 35.9 Å². The molecule has 1 aliphatic carbocycles. The molecule has 2 aromatic rings. The van der Waals surface area contributed by atoms with E-state index in [9.17, 15) is 4.39 Å². The van der Waals surface area contributed by atoms with Gasteiger partial charge in [0.2, 0.25) is 0 Å². The lowest BCUT2D eigenvalue weighted by molar-refractivity contribution is 0.331. The van der Waals surface area contributed by atoms with Crippen LogP contribution >= 0.6 is 11.6 Å². The zero-order chi connectivity index (χ0) is 14.8. The van der Waals surface area contributed by atoms with E-state index in [2.05, 4.69) is 29.6 Å². The number of hydrogen-bond acceptors (Lipinski definition) is 1. The molecular formula is C18H19ClFN. The van der Waals surface area contributed by atoms with Crippen LogP contribution in [-0.2, 0) is 12.8 Å².